The predicted octanol–water partition coefficient (Wildman–Crippen LogP) is 3.27. The number of likely N-dealkylation sites (tertiary alicyclic amines) is 1. The maximum Gasteiger partial charge on any atom is 0.226 e. The van der Waals surface area contributed by atoms with Crippen LogP contribution < -0.4 is 10.5 Å². The minimum Gasteiger partial charge on any atom is -0.496 e. The lowest BCUT2D eigenvalue weighted by Crippen LogP contribution is -2.43. The molecule has 0 unspecified atom stereocenters. The average Bonchev–Trinajstić information content (AvgIpc) is 3.11. The fraction of sp³-hybridized carbons (Fsp3) is 0.650. The minimum atomic E-state index is 0. The van der Waals surface area contributed by atoms with Crippen molar-refractivity contribution in [3.05, 3.63) is 29.8 Å². The van der Waals surface area contributed by atoms with Crippen molar-refractivity contribution in [2.24, 2.45) is 23.5 Å². The number of ether oxygens (including phenoxy) is 1. The van der Waals surface area contributed by atoms with Gasteiger partial charge in [-0.1, -0.05) is 24.6 Å². The number of carbonyl (C=O) groups excluding carboxylic acids is 1. The first kappa shape index (κ1) is 20.1. The summed E-state index contributed by atoms with van der Waals surface area (Å²) in [6.45, 7) is 2.44. The Balaban J connectivity index is 0.00000225. The third kappa shape index (κ3) is 4.68. The highest BCUT2D eigenvalue weighted by Crippen LogP contribution is 2.34. The molecule has 1 saturated carbocycles. The molecule has 0 aromatic heterocycles. The van der Waals surface area contributed by atoms with Crippen LogP contribution in [0.3, 0.4) is 0 Å². The van der Waals surface area contributed by atoms with Gasteiger partial charge in [-0.15, -0.1) is 12.4 Å². The minimum absolute atomic E-state index is 0. The van der Waals surface area contributed by atoms with Gasteiger partial charge in [0.15, 0.2) is 0 Å². The number of halogens is 1. The number of carbonyl (C=O) groups is 1. The largest absolute Gasteiger partial charge is 0.496 e. The summed E-state index contributed by atoms with van der Waals surface area (Å²) in [6, 6.07) is 8.27. The lowest BCUT2D eigenvalue weighted by atomic mass is 9.88. The van der Waals surface area contributed by atoms with Gasteiger partial charge in [0.25, 0.3) is 0 Å². The highest BCUT2D eigenvalue weighted by atomic mass is 35.5. The van der Waals surface area contributed by atoms with Crippen LogP contribution in [0.5, 0.6) is 5.75 Å². The number of piperidine rings is 1. The standard InChI is InChI=1S/C20H30N2O2.ClH/c1-24-19-8-3-2-5-16(19)13-15-9-11-22(12-10-15)20(23)18-7-4-6-17(18)14-21;/h2-3,5,8,15,17-18H,4,6-7,9-14,21H2,1H3;1H/t17-,18-;/m1./s1. The first-order chi connectivity index (χ1) is 11.7. The van der Waals surface area contributed by atoms with Crippen molar-refractivity contribution in [3.63, 3.8) is 0 Å². The Kier molecular flexibility index (Phi) is 7.57. The Labute approximate surface area is 157 Å². The number of para-hydroxylation sites is 1. The Morgan fingerprint density at radius 3 is 2.60 bits per heavy atom. The molecular weight excluding hydrogens is 336 g/mol. The molecule has 1 aromatic rings. The number of rotatable bonds is 5. The molecule has 1 heterocycles. The van der Waals surface area contributed by atoms with Crippen LogP contribution in [0.4, 0.5) is 0 Å². The zero-order valence-electron chi connectivity index (χ0n) is 15.2. The normalized spacial score (nSPS) is 24.0. The number of methoxy groups -OCH3 is 1. The van der Waals surface area contributed by atoms with Gasteiger partial charge in [-0.05, 0) is 62.1 Å². The Hall–Kier alpha value is -1.26. The van der Waals surface area contributed by atoms with Crippen LogP contribution in [0, 0.1) is 17.8 Å². The lowest BCUT2D eigenvalue weighted by Gasteiger charge is -2.35. The monoisotopic (exact) mass is 366 g/mol. The van der Waals surface area contributed by atoms with E-state index in [9.17, 15) is 4.79 Å². The second kappa shape index (κ2) is 9.44. The van der Waals surface area contributed by atoms with Crippen LogP contribution in [0.2, 0.25) is 0 Å². The molecule has 2 atom stereocenters. The summed E-state index contributed by atoms with van der Waals surface area (Å²) >= 11 is 0. The van der Waals surface area contributed by atoms with E-state index in [1.54, 1.807) is 7.11 Å². The Morgan fingerprint density at radius 2 is 1.92 bits per heavy atom. The van der Waals surface area contributed by atoms with Gasteiger partial charge in [0.05, 0.1) is 7.11 Å². The van der Waals surface area contributed by atoms with Crippen LogP contribution >= 0.6 is 12.4 Å². The maximum absolute atomic E-state index is 12.8. The van der Waals surface area contributed by atoms with Crippen molar-refractivity contribution >= 4 is 18.3 Å². The second-order valence-electron chi connectivity index (χ2n) is 7.32. The summed E-state index contributed by atoms with van der Waals surface area (Å²) in [6.07, 6.45) is 6.52. The molecule has 0 radical (unpaired) electrons. The van der Waals surface area contributed by atoms with Gasteiger partial charge in [-0.2, -0.15) is 0 Å². The summed E-state index contributed by atoms with van der Waals surface area (Å²) in [5, 5.41) is 0. The number of nitrogens with two attached hydrogens (primary N) is 1. The molecule has 0 spiro atoms. The molecule has 1 aromatic carbocycles. The molecule has 2 N–H and O–H groups in total. The highest BCUT2D eigenvalue weighted by molar-refractivity contribution is 5.85. The molecule has 2 aliphatic rings. The zero-order valence-corrected chi connectivity index (χ0v) is 16.0. The van der Waals surface area contributed by atoms with Crippen molar-refractivity contribution in [1.29, 1.82) is 0 Å². The summed E-state index contributed by atoms with van der Waals surface area (Å²) in [7, 11) is 1.73. The molecule has 3 rings (SSSR count). The van der Waals surface area contributed by atoms with Gasteiger partial charge in [-0.25, -0.2) is 0 Å². The van der Waals surface area contributed by atoms with Gasteiger partial charge in [0.1, 0.15) is 5.75 Å². The number of hydrogen-bond acceptors (Lipinski definition) is 3. The van der Waals surface area contributed by atoms with Crippen LogP contribution in [-0.2, 0) is 11.2 Å². The molecule has 1 amide bonds. The molecule has 25 heavy (non-hydrogen) atoms. The van der Waals surface area contributed by atoms with E-state index in [2.05, 4.69) is 17.0 Å². The van der Waals surface area contributed by atoms with E-state index in [4.69, 9.17) is 10.5 Å². The molecule has 5 heteroatoms. The van der Waals surface area contributed by atoms with Crippen molar-refractivity contribution in [2.45, 2.75) is 38.5 Å². The number of nitrogens with zero attached hydrogens (tertiary/aromatic N) is 1. The van der Waals surface area contributed by atoms with E-state index in [1.165, 1.54) is 5.56 Å². The van der Waals surface area contributed by atoms with Crippen LogP contribution in [0.25, 0.3) is 0 Å². The molecular formula is C20H31ClN2O2. The van der Waals surface area contributed by atoms with Crippen molar-refractivity contribution in [1.82, 2.24) is 4.90 Å². The third-order valence-electron chi connectivity index (χ3n) is 5.91. The third-order valence-corrected chi connectivity index (χ3v) is 5.91. The van der Waals surface area contributed by atoms with Gasteiger partial charge in [0, 0.05) is 19.0 Å². The summed E-state index contributed by atoms with van der Waals surface area (Å²) in [5.74, 6) is 2.57. The molecule has 1 saturated heterocycles. The second-order valence-corrected chi connectivity index (χ2v) is 7.32. The highest BCUT2D eigenvalue weighted by Gasteiger charge is 2.35. The molecule has 0 bridgehead atoms. The Morgan fingerprint density at radius 1 is 1.20 bits per heavy atom. The molecule has 1 aliphatic carbocycles. The zero-order chi connectivity index (χ0) is 16.9. The fourth-order valence-electron chi connectivity index (χ4n) is 4.42. The van der Waals surface area contributed by atoms with E-state index in [1.807, 2.05) is 12.1 Å². The number of amides is 1. The lowest BCUT2D eigenvalue weighted by molar-refractivity contribution is -0.138. The molecule has 2 fully saturated rings. The predicted molar refractivity (Wildman–Crippen MR) is 103 cm³/mol. The van der Waals surface area contributed by atoms with Crippen molar-refractivity contribution < 1.29 is 9.53 Å². The van der Waals surface area contributed by atoms with Gasteiger partial charge >= 0.3 is 0 Å². The van der Waals surface area contributed by atoms with E-state index in [0.717, 1.165) is 57.4 Å². The van der Waals surface area contributed by atoms with Gasteiger partial charge in [-0.3, -0.25) is 4.79 Å². The first-order valence-corrected chi connectivity index (χ1v) is 9.33. The summed E-state index contributed by atoms with van der Waals surface area (Å²) in [4.78, 5) is 14.9. The number of benzene rings is 1. The molecule has 1 aliphatic heterocycles. The average molecular weight is 367 g/mol. The smallest absolute Gasteiger partial charge is 0.226 e. The van der Waals surface area contributed by atoms with E-state index >= 15 is 0 Å². The van der Waals surface area contributed by atoms with E-state index < -0.39 is 0 Å². The van der Waals surface area contributed by atoms with E-state index in [-0.39, 0.29) is 18.3 Å². The van der Waals surface area contributed by atoms with Crippen molar-refractivity contribution in [3.8, 4) is 5.75 Å². The quantitative estimate of drug-likeness (QED) is 0.870. The van der Waals surface area contributed by atoms with Gasteiger partial charge in [0.2, 0.25) is 5.91 Å². The van der Waals surface area contributed by atoms with Crippen LogP contribution in [0.15, 0.2) is 24.3 Å². The molecule has 140 valence electrons. The Bertz CT molecular complexity index is 558. The SMILES string of the molecule is COc1ccccc1CC1CCN(C(=O)[C@@H]2CCC[C@@H]2CN)CC1.Cl. The van der Waals surface area contributed by atoms with Crippen LogP contribution in [0.1, 0.15) is 37.7 Å². The van der Waals surface area contributed by atoms with Crippen molar-refractivity contribution in [2.75, 3.05) is 26.7 Å². The fourth-order valence-corrected chi connectivity index (χ4v) is 4.42. The topological polar surface area (TPSA) is 55.6 Å². The summed E-state index contributed by atoms with van der Waals surface area (Å²) in [5.41, 5.74) is 7.13. The first-order valence-electron chi connectivity index (χ1n) is 9.33. The van der Waals surface area contributed by atoms with Gasteiger partial charge < -0.3 is 15.4 Å². The summed E-state index contributed by atoms with van der Waals surface area (Å²) < 4.78 is 5.46. The number of hydrogen-bond donors (Lipinski definition) is 1. The molecule has 4 nitrogen and oxygen atoms in total. The maximum atomic E-state index is 12.8. The van der Waals surface area contributed by atoms with Crippen LogP contribution in [-0.4, -0.2) is 37.6 Å². The van der Waals surface area contributed by atoms with E-state index in [0.29, 0.717) is 24.3 Å².